The van der Waals surface area contributed by atoms with Gasteiger partial charge in [0, 0.05) is 6.20 Å². The zero-order valence-electron chi connectivity index (χ0n) is 5.64. The molecule has 1 N–H and O–H groups in total. The van der Waals surface area contributed by atoms with Gasteiger partial charge < -0.3 is 5.11 Å². The van der Waals surface area contributed by atoms with E-state index in [1.165, 1.54) is 12.3 Å². The molecule has 0 saturated heterocycles. The molecule has 0 atom stereocenters. The molecule has 0 aliphatic carbocycles. The van der Waals surface area contributed by atoms with E-state index in [-0.39, 0.29) is 5.03 Å². The van der Waals surface area contributed by atoms with E-state index < -0.39 is 15.8 Å². The van der Waals surface area contributed by atoms with E-state index in [2.05, 4.69) is 4.98 Å². The summed E-state index contributed by atoms with van der Waals surface area (Å²) in [6.07, 6.45) is 1.36. The van der Waals surface area contributed by atoms with Crippen LogP contribution in [0.4, 0.5) is 0 Å². The first-order valence-electron chi connectivity index (χ1n) is 2.91. The number of aromatic nitrogens is 1. The summed E-state index contributed by atoms with van der Waals surface area (Å²) in [5.41, 5.74) is 0. The third kappa shape index (κ3) is 1.75. The molecule has 0 saturated carbocycles. The van der Waals surface area contributed by atoms with Crippen LogP contribution in [0.2, 0.25) is 0 Å². The number of hydrogen-bond donors (Lipinski definition) is 1. The summed E-state index contributed by atoms with van der Waals surface area (Å²) < 4.78 is 21.8. The third-order valence-corrected chi connectivity index (χ3v) is 2.35. The van der Waals surface area contributed by atoms with E-state index in [1.807, 2.05) is 0 Å². The number of aliphatic hydroxyl groups excluding tert-OH is 1. The van der Waals surface area contributed by atoms with Gasteiger partial charge in [0.2, 0.25) is 9.84 Å². The number of hydrogen-bond acceptors (Lipinski definition) is 4. The van der Waals surface area contributed by atoms with Crippen molar-refractivity contribution in [3.63, 3.8) is 0 Å². The van der Waals surface area contributed by atoms with Gasteiger partial charge in [0.15, 0.2) is 11.0 Å². The van der Waals surface area contributed by atoms with Crippen molar-refractivity contribution in [3.8, 4) is 0 Å². The zero-order valence-corrected chi connectivity index (χ0v) is 6.45. The van der Waals surface area contributed by atoms with Crippen molar-refractivity contribution >= 4 is 9.84 Å². The highest BCUT2D eigenvalue weighted by atomic mass is 32.2. The zero-order chi connectivity index (χ0) is 8.32. The maximum absolute atomic E-state index is 10.9. The smallest absolute Gasteiger partial charge is 0.219 e. The highest BCUT2D eigenvalue weighted by Gasteiger charge is 2.12. The average Bonchev–Trinajstić information content (AvgIpc) is 2.06. The Bertz CT molecular complexity index is 319. The summed E-state index contributed by atoms with van der Waals surface area (Å²) in [4.78, 5) is 3.57. The fourth-order valence-corrected chi connectivity index (χ4v) is 1.24. The monoisotopic (exact) mass is 173 g/mol. The van der Waals surface area contributed by atoms with E-state index in [9.17, 15) is 8.42 Å². The Morgan fingerprint density at radius 2 is 2.18 bits per heavy atom. The minimum atomic E-state index is -3.55. The minimum Gasteiger partial charge on any atom is -0.380 e. The highest BCUT2D eigenvalue weighted by molar-refractivity contribution is 7.91. The molecule has 0 amide bonds. The van der Waals surface area contributed by atoms with Crippen LogP contribution >= 0.6 is 0 Å². The van der Waals surface area contributed by atoms with E-state index in [4.69, 9.17) is 5.11 Å². The van der Waals surface area contributed by atoms with Crippen LogP contribution in [0.25, 0.3) is 0 Å². The Kier molecular flexibility index (Phi) is 2.21. The summed E-state index contributed by atoms with van der Waals surface area (Å²) >= 11 is 0. The van der Waals surface area contributed by atoms with Gasteiger partial charge in [-0.25, -0.2) is 13.4 Å². The van der Waals surface area contributed by atoms with Crippen LogP contribution in [0, 0.1) is 0 Å². The Morgan fingerprint density at radius 1 is 1.45 bits per heavy atom. The fraction of sp³-hybridized carbons (Fsp3) is 0.167. The van der Waals surface area contributed by atoms with Crippen molar-refractivity contribution in [3.05, 3.63) is 24.4 Å². The maximum atomic E-state index is 10.9. The number of pyridine rings is 1. The van der Waals surface area contributed by atoms with Crippen LogP contribution in [0.1, 0.15) is 0 Å². The lowest BCUT2D eigenvalue weighted by Crippen LogP contribution is -2.07. The number of rotatable bonds is 2. The second-order valence-corrected chi connectivity index (χ2v) is 3.82. The normalized spacial score (nSPS) is 11.4. The molecule has 0 radical (unpaired) electrons. The first-order chi connectivity index (χ1) is 5.17. The molecule has 0 fully saturated rings. The molecule has 5 heteroatoms. The Labute approximate surface area is 64.4 Å². The van der Waals surface area contributed by atoms with Crippen molar-refractivity contribution in [2.45, 2.75) is 5.03 Å². The molecule has 4 nitrogen and oxygen atoms in total. The molecule has 1 aromatic rings. The Balaban J connectivity index is 3.14. The van der Waals surface area contributed by atoms with Gasteiger partial charge in [-0.2, -0.15) is 0 Å². The summed E-state index contributed by atoms with van der Waals surface area (Å²) in [5.74, 6) is -0.899. The first-order valence-corrected chi connectivity index (χ1v) is 4.57. The molecule has 0 bridgehead atoms. The van der Waals surface area contributed by atoms with Gasteiger partial charge in [-0.15, -0.1) is 0 Å². The average molecular weight is 173 g/mol. The number of aliphatic hydroxyl groups is 1. The molecular formula is C6H7NO3S. The molecule has 1 rings (SSSR count). The van der Waals surface area contributed by atoms with Crippen molar-refractivity contribution in [2.75, 3.05) is 5.94 Å². The SMILES string of the molecule is O=S(=O)(CO)c1ccccn1. The second-order valence-electron chi connectivity index (χ2n) is 1.91. The standard InChI is InChI=1S/C6H7NO3S/c8-5-11(9,10)6-3-1-2-4-7-6/h1-4,8H,5H2. The minimum absolute atomic E-state index is 0.0949. The molecule has 0 aliphatic heterocycles. The maximum Gasteiger partial charge on any atom is 0.219 e. The van der Waals surface area contributed by atoms with Crippen LogP contribution in [-0.4, -0.2) is 24.4 Å². The molecule has 60 valence electrons. The molecule has 1 aromatic heterocycles. The van der Waals surface area contributed by atoms with E-state index in [0.29, 0.717) is 0 Å². The molecule has 0 spiro atoms. The summed E-state index contributed by atoms with van der Waals surface area (Å²) in [6.45, 7) is 0. The summed E-state index contributed by atoms with van der Waals surface area (Å²) in [7, 11) is -3.55. The van der Waals surface area contributed by atoms with Gasteiger partial charge in [0.05, 0.1) is 0 Å². The molecular weight excluding hydrogens is 166 g/mol. The van der Waals surface area contributed by atoms with Gasteiger partial charge in [-0.3, -0.25) is 0 Å². The van der Waals surface area contributed by atoms with Gasteiger partial charge >= 0.3 is 0 Å². The predicted octanol–water partition coefficient (Wildman–Crippen LogP) is -0.195. The molecule has 0 aromatic carbocycles. The quantitative estimate of drug-likeness (QED) is 0.672. The third-order valence-electron chi connectivity index (χ3n) is 1.13. The summed E-state index contributed by atoms with van der Waals surface area (Å²) in [5, 5.41) is 8.32. The van der Waals surface area contributed by atoms with Gasteiger partial charge in [0.1, 0.15) is 0 Å². The van der Waals surface area contributed by atoms with Crippen LogP contribution in [0.15, 0.2) is 29.4 Å². The lowest BCUT2D eigenvalue weighted by molar-refractivity contribution is 0.358. The predicted molar refractivity (Wildman–Crippen MR) is 38.5 cm³/mol. The van der Waals surface area contributed by atoms with Gasteiger partial charge in [-0.05, 0) is 12.1 Å². The van der Waals surface area contributed by atoms with Crippen molar-refractivity contribution in [2.24, 2.45) is 0 Å². The van der Waals surface area contributed by atoms with Crippen molar-refractivity contribution < 1.29 is 13.5 Å². The first kappa shape index (κ1) is 8.16. The van der Waals surface area contributed by atoms with Gasteiger partial charge in [0.25, 0.3) is 0 Å². The van der Waals surface area contributed by atoms with Crippen molar-refractivity contribution in [1.29, 1.82) is 0 Å². The number of sulfone groups is 1. The summed E-state index contributed by atoms with van der Waals surface area (Å²) in [6, 6.07) is 4.50. The second kappa shape index (κ2) is 2.98. The fourth-order valence-electron chi connectivity index (χ4n) is 0.597. The molecule has 1 heterocycles. The van der Waals surface area contributed by atoms with Crippen molar-refractivity contribution in [1.82, 2.24) is 4.98 Å². The number of nitrogens with zero attached hydrogens (tertiary/aromatic N) is 1. The van der Waals surface area contributed by atoms with Gasteiger partial charge in [-0.1, -0.05) is 6.07 Å². The molecule has 0 unspecified atom stereocenters. The van der Waals surface area contributed by atoms with E-state index >= 15 is 0 Å². The van der Waals surface area contributed by atoms with Crippen LogP contribution in [0.5, 0.6) is 0 Å². The Hall–Kier alpha value is -0.940. The van der Waals surface area contributed by atoms with E-state index in [1.54, 1.807) is 12.1 Å². The molecule has 0 aliphatic rings. The molecule has 11 heavy (non-hydrogen) atoms. The van der Waals surface area contributed by atoms with Crippen LogP contribution in [-0.2, 0) is 9.84 Å². The lowest BCUT2D eigenvalue weighted by Gasteiger charge is -1.96. The highest BCUT2D eigenvalue weighted by Crippen LogP contribution is 2.03. The van der Waals surface area contributed by atoms with Crippen LogP contribution < -0.4 is 0 Å². The van der Waals surface area contributed by atoms with Crippen LogP contribution in [0.3, 0.4) is 0 Å². The topological polar surface area (TPSA) is 67.3 Å². The van der Waals surface area contributed by atoms with E-state index in [0.717, 1.165) is 0 Å². The lowest BCUT2D eigenvalue weighted by atomic mass is 10.5. The Morgan fingerprint density at radius 3 is 2.64 bits per heavy atom. The largest absolute Gasteiger partial charge is 0.380 e.